The van der Waals surface area contributed by atoms with Gasteiger partial charge in [-0.25, -0.2) is 0 Å². The van der Waals surface area contributed by atoms with Crippen LogP contribution in [0, 0.1) is 0 Å². The average molecular weight is 312 g/mol. The molecule has 1 aromatic carbocycles. The summed E-state index contributed by atoms with van der Waals surface area (Å²) in [4.78, 5) is 4.87. The Balaban J connectivity index is 2.13. The molecule has 2 rings (SSSR count). The quantitative estimate of drug-likeness (QED) is 0.928. The Morgan fingerprint density at radius 2 is 2.17 bits per heavy atom. The minimum absolute atomic E-state index is 0.606. The number of benzene rings is 1. The van der Waals surface area contributed by atoms with E-state index >= 15 is 0 Å². The molecular formula is C14H22BrN3. The smallest absolute Gasteiger partial charge is 0.0511 e. The summed E-state index contributed by atoms with van der Waals surface area (Å²) in [7, 11) is 2.20. The molecule has 1 atom stereocenters. The summed E-state index contributed by atoms with van der Waals surface area (Å²) >= 11 is 3.69. The van der Waals surface area contributed by atoms with E-state index in [0.29, 0.717) is 12.6 Å². The summed E-state index contributed by atoms with van der Waals surface area (Å²) in [5.74, 6) is 0. The van der Waals surface area contributed by atoms with Crippen LogP contribution in [-0.4, -0.2) is 44.2 Å². The van der Waals surface area contributed by atoms with Crippen LogP contribution in [0.25, 0.3) is 0 Å². The van der Waals surface area contributed by atoms with Gasteiger partial charge in [0, 0.05) is 30.1 Å². The first-order valence-corrected chi connectivity index (χ1v) is 7.35. The molecule has 0 spiro atoms. The van der Waals surface area contributed by atoms with Crippen LogP contribution < -0.4 is 10.6 Å². The number of hydrogen-bond acceptors (Lipinski definition) is 3. The maximum atomic E-state index is 5.59. The number of piperazine rings is 1. The standard InChI is InChI=1S/C14H22BrN3/c1-11-10-18(8-7-17(11)2)14-4-3-12(5-6-16)9-13(14)15/h3-4,9,11H,5-8,10,16H2,1-2H3. The van der Waals surface area contributed by atoms with E-state index in [1.165, 1.54) is 15.7 Å². The Labute approximate surface area is 118 Å². The molecule has 0 saturated carbocycles. The maximum Gasteiger partial charge on any atom is 0.0511 e. The number of nitrogens with two attached hydrogens (primary N) is 1. The van der Waals surface area contributed by atoms with E-state index < -0.39 is 0 Å². The SMILES string of the molecule is CC1CN(c2ccc(CCN)cc2Br)CCN1C. The zero-order valence-corrected chi connectivity index (χ0v) is 12.8. The van der Waals surface area contributed by atoms with Crippen LogP contribution in [-0.2, 0) is 6.42 Å². The highest BCUT2D eigenvalue weighted by atomic mass is 79.9. The number of anilines is 1. The normalized spacial score (nSPS) is 21.3. The van der Waals surface area contributed by atoms with Crippen molar-refractivity contribution in [3.05, 3.63) is 28.2 Å². The van der Waals surface area contributed by atoms with Gasteiger partial charge < -0.3 is 15.5 Å². The first-order chi connectivity index (χ1) is 8.61. The molecule has 0 radical (unpaired) electrons. The minimum atomic E-state index is 0.606. The summed E-state index contributed by atoms with van der Waals surface area (Å²) in [6.45, 7) is 6.29. The van der Waals surface area contributed by atoms with Crippen molar-refractivity contribution in [2.75, 3.05) is 38.1 Å². The zero-order chi connectivity index (χ0) is 13.1. The lowest BCUT2D eigenvalue weighted by atomic mass is 10.1. The second-order valence-electron chi connectivity index (χ2n) is 5.10. The van der Waals surface area contributed by atoms with Gasteiger partial charge in [0.25, 0.3) is 0 Å². The molecule has 1 aliphatic heterocycles. The van der Waals surface area contributed by atoms with Crippen molar-refractivity contribution in [1.82, 2.24) is 4.90 Å². The third-order valence-electron chi connectivity index (χ3n) is 3.75. The fourth-order valence-electron chi connectivity index (χ4n) is 2.40. The van der Waals surface area contributed by atoms with Crippen molar-refractivity contribution in [2.24, 2.45) is 5.73 Å². The van der Waals surface area contributed by atoms with E-state index in [1.807, 2.05) is 0 Å². The van der Waals surface area contributed by atoms with E-state index in [4.69, 9.17) is 5.73 Å². The van der Waals surface area contributed by atoms with Crippen LogP contribution in [0.2, 0.25) is 0 Å². The minimum Gasteiger partial charge on any atom is -0.368 e. The monoisotopic (exact) mass is 311 g/mol. The van der Waals surface area contributed by atoms with Gasteiger partial charge in [-0.1, -0.05) is 6.07 Å². The second kappa shape index (κ2) is 6.04. The number of rotatable bonds is 3. The fourth-order valence-corrected chi connectivity index (χ4v) is 3.07. The molecule has 3 nitrogen and oxygen atoms in total. The Hall–Kier alpha value is -0.580. The molecule has 1 heterocycles. The summed E-state index contributed by atoms with van der Waals surface area (Å²) in [6.07, 6.45) is 0.942. The molecule has 0 aliphatic carbocycles. The predicted molar refractivity (Wildman–Crippen MR) is 81.2 cm³/mol. The molecular weight excluding hydrogens is 290 g/mol. The molecule has 18 heavy (non-hydrogen) atoms. The largest absolute Gasteiger partial charge is 0.368 e. The molecule has 1 fully saturated rings. The van der Waals surface area contributed by atoms with Crippen molar-refractivity contribution >= 4 is 21.6 Å². The number of nitrogens with zero attached hydrogens (tertiary/aromatic N) is 2. The van der Waals surface area contributed by atoms with E-state index in [0.717, 1.165) is 26.1 Å². The lowest BCUT2D eigenvalue weighted by Crippen LogP contribution is -2.50. The van der Waals surface area contributed by atoms with Crippen molar-refractivity contribution in [2.45, 2.75) is 19.4 Å². The lowest BCUT2D eigenvalue weighted by molar-refractivity contribution is 0.234. The Kier molecular flexibility index (Phi) is 4.65. The number of likely N-dealkylation sites (N-methyl/N-ethyl adjacent to an activating group) is 1. The molecule has 2 N–H and O–H groups in total. The molecule has 0 aromatic heterocycles. The molecule has 4 heteroatoms. The summed E-state index contributed by atoms with van der Waals surface area (Å²) in [5, 5.41) is 0. The summed E-state index contributed by atoms with van der Waals surface area (Å²) in [5.41, 5.74) is 8.20. The van der Waals surface area contributed by atoms with Crippen LogP contribution in [0.15, 0.2) is 22.7 Å². The van der Waals surface area contributed by atoms with Crippen LogP contribution in [0.4, 0.5) is 5.69 Å². The predicted octanol–water partition coefficient (Wildman–Crippen LogP) is 2.09. The van der Waals surface area contributed by atoms with Gasteiger partial charge in [-0.05, 0) is 60.6 Å². The molecule has 1 unspecified atom stereocenters. The molecule has 1 aliphatic rings. The highest BCUT2D eigenvalue weighted by Crippen LogP contribution is 2.29. The summed E-state index contributed by atoms with van der Waals surface area (Å²) in [6, 6.07) is 7.21. The average Bonchev–Trinajstić information content (AvgIpc) is 2.34. The fraction of sp³-hybridized carbons (Fsp3) is 0.571. The van der Waals surface area contributed by atoms with Gasteiger partial charge in [0.05, 0.1) is 5.69 Å². The van der Waals surface area contributed by atoms with E-state index in [2.05, 4.69) is 57.9 Å². The summed E-state index contributed by atoms with van der Waals surface area (Å²) < 4.78 is 1.19. The Morgan fingerprint density at radius 1 is 1.39 bits per heavy atom. The van der Waals surface area contributed by atoms with E-state index in [1.54, 1.807) is 0 Å². The molecule has 1 aromatic rings. The first kappa shape index (κ1) is 13.8. The van der Waals surface area contributed by atoms with Crippen LogP contribution >= 0.6 is 15.9 Å². The maximum absolute atomic E-state index is 5.59. The van der Waals surface area contributed by atoms with Gasteiger partial charge in [-0.3, -0.25) is 0 Å². The van der Waals surface area contributed by atoms with Crippen LogP contribution in [0.3, 0.4) is 0 Å². The van der Waals surface area contributed by atoms with E-state index in [-0.39, 0.29) is 0 Å². The van der Waals surface area contributed by atoms with Crippen molar-refractivity contribution in [3.8, 4) is 0 Å². The van der Waals surface area contributed by atoms with Crippen LogP contribution in [0.1, 0.15) is 12.5 Å². The highest BCUT2D eigenvalue weighted by molar-refractivity contribution is 9.10. The van der Waals surface area contributed by atoms with Crippen molar-refractivity contribution in [3.63, 3.8) is 0 Å². The lowest BCUT2D eigenvalue weighted by Gasteiger charge is -2.39. The van der Waals surface area contributed by atoms with Gasteiger partial charge in [-0.2, -0.15) is 0 Å². The van der Waals surface area contributed by atoms with Crippen LogP contribution in [0.5, 0.6) is 0 Å². The van der Waals surface area contributed by atoms with Crippen molar-refractivity contribution in [1.29, 1.82) is 0 Å². The van der Waals surface area contributed by atoms with Gasteiger partial charge in [-0.15, -0.1) is 0 Å². The zero-order valence-electron chi connectivity index (χ0n) is 11.2. The Bertz CT molecular complexity index is 408. The van der Waals surface area contributed by atoms with E-state index in [9.17, 15) is 0 Å². The molecule has 100 valence electrons. The van der Waals surface area contributed by atoms with Gasteiger partial charge in [0.1, 0.15) is 0 Å². The van der Waals surface area contributed by atoms with Gasteiger partial charge in [0.2, 0.25) is 0 Å². The third kappa shape index (κ3) is 3.05. The number of halogens is 1. The van der Waals surface area contributed by atoms with Gasteiger partial charge in [0.15, 0.2) is 0 Å². The Morgan fingerprint density at radius 3 is 2.78 bits per heavy atom. The highest BCUT2D eigenvalue weighted by Gasteiger charge is 2.21. The number of hydrogen-bond donors (Lipinski definition) is 1. The third-order valence-corrected chi connectivity index (χ3v) is 4.38. The van der Waals surface area contributed by atoms with Crippen molar-refractivity contribution < 1.29 is 0 Å². The molecule has 0 amide bonds. The first-order valence-electron chi connectivity index (χ1n) is 6.55. The molecule has 1 saturated heterocycles. The molecule has 0 bridgehead atoms. The topological polar surface area (TPSA) is 32.5 Å². The van der Waals surface area contributed by atoms with Gasteiger partial charge >= 0.3 is 0 Å². The second-order valence-corrected chi connectivity index (χ2v) is 5.95.